The molecule has 0 radical (unpaired) electrons. The predicted molar refractivity (Wildman–Crippen MR) is 85.3 cm³/mol. The summed E-state index contributed by atoms with van der Waals surface area (Å²) in [6.07, 6.45) is 5.31. The Labute approximate surface area is 128 Å². The molecule has 6 heteroatoms. The van der Waals surface area contributed by atoms with Gasteiger partial charge in [-0.25, -0.2) is 0 Å². The summed E-state index contributed by atoms with van der Waals surface area (Å²) in [6, 6.07) is 1.09. The van der Waals surface area contributed by atoms with Crippen molar-refractivity contribution in [2.75, 3.05) is 40.3 Å². The van der Waals surface area contributed by atoms with Crippen LogP contribution in [0.3, 0.4) is 0 Å². The summed E-state index contributed by atoms with van der Waals surface area (Å²) >= 11 is 0. The van der Waals surface area contributed by atoms with E-state index in [-0.39, 0.29) is 0 Å². The van der Waals surface area contributed by atoms with Gasteiger partial charge in [0.05, 0.1) is 5.69 Å². The van der Waals surface area contributed by atoms with Gasteiger partial charge >= 0.3 is 0 Å². The molecule has 2 unspecified atom stereocenters. The molecular weight excluding hydrogens is 264 g/mol. The summed E-state index contributed by atoms with van der Waals surface area (Å²) in [5.41, 5.74) is 1.08. The van der Waals surface area contributed by atoms with Crippen LogP contribution in [0.25, 0.3) is 0 Å². The molecule has 1 fully saturated rings. The van der Waals surface area contributed by atoms with Crippen molar-refractivity contribution in [2.24, 2.45) is 7.05 Å². The first-order chi connectivity index (χ1) is 10.1. The van der Waals surface area contributed by atoms with Crippen molar-refractivity contribution in [3.05, 3.63) is 11.9 Å². The molecule has 1 aliphatic rings. The zero-order chi connectivity index (χ0) is 15.2. The van der Waals surface area contributed by atoms with Gasteiger partial charge in [0.15, 0.2) is 0 Å². The van der Waals surface area contributed by atoms with E-state index in [1.165, 1.54) is 6.54 Å². The van der Waals surface area contributed by atoms with E-state index in [0.29, 0.717) is 12.1 Å². The van der Waals surface area contributed by atoms with Crippen molar-refractivity contribution in [3.8, 4) is 0 Å². The SMILES string of the molecule is CCCNC(Cc1cn(C)nn1)CC1CN(C)CCN1C. The number of hydrogen-bond donors (Lipinski definition) is 1. The Balaban J connectivity index is 1.94. The van der Waals surface area contributed by atoms with E-state index >= 15 is 0 Å². The van der Waals surface area contributed by atoms with Crippen molar-refractivity contribution in [3.63, 3.8) is 0 Å². The van der Waals surface area contributed by atoms with Gasteiger partial charge < -0.3 is 15.1 Å². The summed E-state index contributed by atoms with van der Waals surface area (Å²) in [7, 11) is 6.39. The fourth-order valence-electron chi connectivity index (χ4n) is 3.01. The molecule has 0 aromatic carbocycles. The lowest BCUT2D eigenvalue weighted by Gasteiger charge is -2.39. The van der Waals surface area contributed by atoms with Crippen molar-refractivity contribution in [1.29, 1.82) is 0 Å². The minimum absolute atomic E-state index is 0.473. The minimum Gasteiger partial charge on any atom is -0.314 e. The normalized spacial score (nSPS) is 22.6. The molecule has 2 rings (SSSR count). The Hall–Kier alpha value is -0.980. The molecule has 0 saturated carbocycles. The minimum atomic E-state index is 0.473. The molecule has 1 saturated heterocycles. The third-order valence-electron chi connectivity index (χ3n) is 4.33. The number of nitrogens with zero attached hydrogens (tertiary/aromatic N) is 5. The van der Waals surface area contributed by atoms with Crippen LogP contribution in [0.5, 0.6) is 0 Å². The molecule has 0 spiro atoms. The van der Waals surface area contributed by atoms with Gasteiger partial charge in [-0.1, -0.05) is 12.1 Å². The van der Waals surface area contributed by atoms with Gasteiger partial charge in [0, 0.05) is 51.4 Å². The molecule has 1 aliphatic heterocycles. The Kier molecular flexibility index (Phi) is 6.14. The molecule has 1 aromatic heterocycles. The van der Waals surface area contributed by atoms with Gasteiger partial charge in [0.2, 0.25) is 0 Å². The first-order valence-corrected chi connectivity index (χ1v) is 8.05. The third-order valence-corrected chi connectivity index (χ3v) is 4.33. The number of nitrogens with one attached hydrogen (secondary N) is 1. The van der Waals surface area contributed by atoms with E-state index in [4.69, 9.17) is 0 Å². The summed E-state index contributed by atoms with van der Waals surface area (Å²) in [4.78, 5) is 4.93. The topological polar surface area (TPSA) is 49.2 Å². The van der Waals surface area contributed by atoms with Crippen molar-refractivity contribution in [1.82, 2.24) is 30.1 Å². The lowest BCUT2D eigenvalue weighted by Crippen LogP contribution is -2.52. The molecule has 2 heterocycles. The van der Waals surface area contributed by atoms with Gasteiger partial charge in [-0.05, 0) is 33.5 Å². The lowest BCUT2D eigenvalue weighted by atomic mass is 9.99. The Morgan fingerprint density at radius 1 is 1.33 bits per heavy atom. The summed E-state index contributed by atoms with van der Waals surface area (Å²) in [5.74, 6) is 0. The summed E-state index contributed by atoms with van der Waals surface area (Å²) in [5, 5.41) is 12.0. The maximum atomic E-state index is 4.24. The van der Waals surface area contributed by atoms with Gasteiger partial charge in [-0.3, -0.25) is 4.68 Å². The second kappa shape index (κ2) is 7.87. The highest BCUT2D eigenvalue weighted by atomic mass is 15.4. The molecule has 1 aromatic rings. The standard InChI is InChI=1S/C15H30N6/c1-5-6-16-13(9-14-11-21(4)18-17-14)10-15-12-19(2)7-8-20(15)3/h11,13,15-16H,5-10,12H2,1-4H3. The second-order valence-corrected chi connectivity index (χ2v) is 6.37. The van der Waals surface area contributed by atoms with Crippen LogP contribution in [-0.2, 0) is 13.5 Å². The van der Waals surface area contributed by atoms with E-state index in [1.54, 1.807) is 4.68 Å². The Bertz CT molecular complexity index is 418. The van der Waals surface area contributed by atoms with E-state index in [2.05, 4.69) is 46.4 Å². The number of rotatable bonds is 7. The van der Waals surface area contributed by atoms with E-state index in [1.807, 2.05) is 13.2 Å². The second-order valence-electron chi connectivity index (χ2n) is 6.37. The fraction of sp³-hybridized carbons (Fsp3) is 0.867. The zero-order valence-corrected chi connectivity index (χ0v) is 13.9. The van der Waals surface area contributed by atoms with Crippen LogP contribution < -0.4 is 5.32 Å². The average molecular weight is 294 g/mol. The van der Waals surface area contributed by atoms with Crippen molar-refractivity contribution < 1.29 is 0 Å². The molecule has 120 valence electrons. The van der Waals surface area contributed by atoms with E-state index < -0.39 is 0 Å². The molecule has 21 heavy (non-hydrogen) atoms. The average Bonchev–Trinajstić information content (AvgIpc) is 2.85. The fourth-order valence-corrected chi connectivity index (χ4v) is 3.01. The number of likely N-dealkylation sites (N-methyl/N-ethyl adjacent to an activating group) is 2. The van der Waals surface area contributed by atoms with Crippen LogP contribution in [0.4, 0.5) is 0 Å². The molecule has 0 aliphatic carbocycles. The highest BCUT2D eigenvalue weighted by Gasteiger charge is 2.25. The maximum Gasteiger partial charge on any atom is 0.0842 e. The molecule has 6 nitrogen and oxygen atoms in total. The number of piperazine rings is 1. The van der Waals surface area contributed by atoms with Crippen LogP contribution in [0, 0.1) is 0 Å². The van der Waals surface area contributed by atoms with Crippen LogP contribution in [0.2, 0.25) is 0 Å². The number of aryl methyl sites for hydroxylation is 1. The molecular formula is C15H30N6. The Morgan fingerprint density at radius 2 is 2.14 bits per heavy atom. The zero-order valence-electron chi connectivity index (χ0n) is 13.9. The van der Waals surface area contributed by atoms with Crippen LogP contribution in [0.1, 0.15) is 25.5 Å². The smallest absolute Gasteiger partial charge is 0.0842 e. The summed E-state index contributed by atoms with van der Waals surface area (Å²) < 4.78 is 1.78. The van der Waals surface area contributed by atoms with Gasteiger partial charge in [0.1, 0.15) is 0 Å². The quantitative estimate of drug-likeness (QED) is 0.787. The van der Waals surface area contributed by atoms with E-state index in [0.717, 1.165) is 44.6 Å². The van der Waals surface area contributed by atoms with Crippen LogP contribution in [-0.4, -0.2) is 77.2 Å². The molecule has 0 bridgehead atoms. The number of hydrogen-bond acceptors (Lipinski definition) is 5. The van der Waals surface area contributed by atoms with E-state index in [9.17, 15) is 0 Å². The van der Waals surface area contributed by atoms with Gasteiger partial charge in [-0.15, -0.1) is 5.10 Å². The third kappa shape index (κ3) is 5.05. The maximum absolute atomic E-state index is 4.24. The van der Waals surface area contributed by atoms with Gasteiger partial charge in [-0.2, -0.15) is 0 Å². The highest BCUT2D eigenvalue weighted by molar-refractivity contribution is 4.97. The first kappa shape index (κ1) is 16.4. The number of aromatic nitrogens is 3. The molecule has 0 amide bonds. The van der Waals surface area contributed by atoms with Crippen molar-refractivity contribution in [2.45, 2.75) is 38.3 Å². The largest absolute Gasteiger partial charge is 0.314 e. The van der Waals surface area contributed by atoms with Gasteiger partial charge in [0.25, 0.3) is 0 Å². The lowest BCUT2D eigenvalue weighted by molar-refractivity contribution is 0.101. The summed E-state index contributed by atoms with van der Waals surface area (Å²) in [6.45, 7) is 6.77. The van der Waals surface area contributed by atoms with Crippen molar-refractivity contribution >= 4 is 0 Å². The van der Waals surface area contributed by atoms with Crippen LogP contribution >= 0.6 is 0 Å². The molecule has 1 N–H and O–H groups in total. The Morgan fingerprint density at radius 3 is 2.81 bits per heavy atom. The highest BCUT2D eigenvalue weighted by Crippen LogP contribution is 2.14. The molecule has 2 atom stereocenters. The first-order valence-electron chi connectivity index (χ1n) is 8.05. The monoisotopic (exact) mass is 294 g/mol. The van der Waals surface area contributed by atoms with Crippen LogP contribution in [0.15, 0.2) is 6.20 Å². The predicted octanol–water partition coefficient (Wildman–Crippen LogP) is 0.362.